The molecule has 0 fully saturated rings. The zero-order chi connectivity index (χ0) is 5.11. The lowest BCUT2D eigenvalue weighted by atomic mass is 10.4. The van der Waals surface area contributed by atoms with Crippen LogP contribution >= 0.6 is 11.5 Å². The van der Waals surface area contributed by atoms with Gasteiger partial charge in [-0.15, -0.1) is 0 Å². The van der Waals surface area contributed by atoms with Gasteiger partial charge in [0.2, 0.25) is 6.20 Å². The highest BCUT2D eigenvalue weighted by atomic mass is 32.1. The Morgan fingerprint density at radius 2 is 2.86 bits per heavy atom. The molecule has 0 bridgehead atoms. The van der Waals surface area contributed by atoms with E-state index in [0.29, 0.717) is 0 Å². The molecule has 38 valence electrons. The van der Waals surface area contributed by atoms with Crippen LogP contribution in [0, 0.1) is 0 Å². The summed E-state index contributed by atoms with van der Waals surface area (Å²) in [6, 6.07) is 0. The maximum absolute atomic E-state index is 3.81. The Bertz CT molecular complexity index is 124. The number of rotatable bonds is 1. The summed E-state index contributed by atoms with van der Waals surface area (Å²) in [7, 11) is 0. The average molecular weight is 115 g/mol. The van der Waals surface area contributed by atoms with Gasteiger partial charge in [-0.2, -0.15) is 0 Å². The van der Waals surface area contributed by atoms with Gasteiger partial charge >= 0.3 is 0 Å². The smallest absolute Gasteiger partial charge is 0.0941 e. The third kappa shape index (κ3) is 0.962. The molecule has 0 saturated heterocycles. The minimum atomic E-state index is 1.08. The summed E-state index contributed by atoms with van der Waals surface area (Å²) in [5.74, 6) is 0. The highest BCUT2D eigenvalue weighted by Gasteiger charge is 1.92. The second-order valence-electron chi connectivity index (χ2n) is 1.28. The highest BCUT2D eigenvalue weighted by Crippen LogP contribution is 1.97. The Balaban J connectivity index is 2.76. The fourth-order valence-electron chi connectivity index (χ4n) is 0.376. The van der Waals surface area contributed by atoms with Crippen LogP contribution in [0.3, 0.4) is 0 Å². The van der Waals surface area contributed by atoms with Crippen LogP contribution in [0.5, 0.6) is 0 Å². The number of aromatic nitrogens is 2. The van der Waals surface area contributed by atoms with E-state index in [9.17, 15) is 0 Å². The van der Waals surface area contributed by atoms with Crippen LogP contribution in [-0.2, 0) is 6.42 Å². The molecule has 0 aliphatic rings. The van der Waals surface area contributed by atoms with Gasteiger partial charge in [-0.05, 0) is 6.42 Å². The van der Waals surface area contributed by atoms with Crippen LogP contribution in [0.25, 0.3) is 0 Å². The summed E-state index contributed by atoms with van der Waals surface area (Å²) in [6.45, 7) is 2.11. The number of nitrogens with zero attached hydrogens (tertiary/aromatic N) is 1. The van der Waals surface area contributed by atoms with E-state index in [-0.39, 0.29) is 0 Å². The number of H-pyrrole nitrogens is 1. The SMILES string of the molecule is CCc1c[nH+]ns1. The largest absolute Gasteiger partial charge is 0.209 e. The molecule has 0 aromatic carbocycles. The van der Waals surface area contributed by atoms with Gasteiger partial charge in [-0.25, -0.2) is 0 Å². The lowest BCUT2D eigenvalue weighted by Gasteiger charge is -1.70. The van der Waals surface area contributed by atoms with Crippen molar-refractivity contribution in [1.29, 1.82) is 0 Å². The van der Waals surface area contributed by atoms with Gasteiger partial charge in [0.25, 0.3) is 0 Å². The summed E-state index contributed by atoms with van der Waals surface area (Å²) in [5.41, 5.74) is 0. The van der Waals surface area contributed by atoms with Crippen LogP contribution in [-0.4, -0.2) is 4.49 Å². The van der Waals surface area contributed by atoms with Crippen LogP contribution in [0.2, 0.25) is 0 Å². The Labute approximate surface area is 46.4 Å². The Hall–Kier alpha value is -0.440. The molecule has 0 radical (unpaired) electrons. The van der Waals surface area contributed by atoms with Gasteiger partial charge in [0.05, 0.1) is 9.37 Å². The molecule has 1 aromatic rings. The van der Waals surface area contributed by atoms with Gasteiger partial charge in [0.15, 0.2) is 0 Å². The summed E-state index contributed by atoms with van der Waals surface area (Å²) in [6.07, 6.45) is 3.01. The first kappa shape index (κ1) is 4.71. The first-order valence-electron chi connectivity index (χ1n) is 2.25. The number of nitrogens with one attached hydrogen (secondary N) is 1. The van der Waals surface area contributed by atoms with E-state index in [1.807, 2.05) is 6.20 Å². The van der Waals surface area contributed by atoms with E-state index >= 15 is 0 Å². The van der Waals surface area contributed by atoms with Gasteiger partial charge in [0.1, 0.15) is 0 Å². The minimum absolute atomic E-state index is 1.08. The zero-order valence-electron chi connectivity index (χ0n) is 4.14. The second-order valence-corrected chi connectivity index (χ2v) is 2.17. The van der Waals surface area contributed by atoms with Crippen molar-refractivity contribution < 1.29 is 5.10 Å². The third-order valence-corrected chi connectivity index (χ3v) is 1.63. The number of aromatic amines is 1. The number of aryl methyl sites for hydroxylation is 1. The number of hydrogen-bond donors (Lipinski definition) is 0. The van der Waals surface area contributed by atoms with E-state index in [4.69, 9.17) is 0 Å². The summed E-state index contributed by atoms with van der Waals surface area (Å²) >= 11 is 1.52. The predicted molar refractivity (Wildman–Crippen MR) is 28.0 cm³/mol. The molecule has 1 N–H and O–H groups in total. The van der Waals surface area contributed by atoms with Crippen molar-refractivity contribution in [2.24, 2.45) is 0 Å². The van der Waals surface area contributed by atoms with Gasteiger partial charge in [-0.1, -0.05) is 12.0 Å². The van der Waals surface area contributed by atoms with Crippen molar-refractivity contribution in [3.63, 3.8) is 0 Å². The van der Waals surface area contributed by atoms with E-state index in [1.54, 1.807) is 0 Å². The molecule has 0 atom stereocenters. The predicted octanol–water partition coefficient (Wildman–Crippen LogP) is 0.520. The van der Waals surface area contributed by atoms with Crippen LogP contribution in [0.15, 0.2) is 6.20 Å². The summed E-state index contributed by atoms with van der Waals surface area (Å²) < 4.78 is 3.81. The Morgan fingerprint density at radius 1 is 2.00 bits per heavy atom. The lowest BCUT2D eigenvalue weighted by Crippen LogP contribution is -1.95. The molecule has 3 heteroatoms. The first-order chi connectivity index (χ1) is 3.43. The van der Waals surface area contributed by atoms with Gasteiger partial charge < -0.3 is 0 Å². The van der Waals surface area contributed by atoms with E-state index in [2.05, 4.69) is 16.5 Å². The van der Waals surface area contributed by atoms with E-state index < -0.39 is 0 Å². The molecular formula is C4H7N2S+. The standard InChI is InChI=1S/C4H6N2S/c1-2-4-3-5-6-7-4/h3H,2H2,1H3/p+1. The van der Waals surface area contributed by atoms with Gasteiger partial charge in [0, 0.05) is 11.5 Å². The molecule has 0 amide bonds. The van der Waals surface area contributed by atoms with Crippen molar-refractivity contribution in [1.82, 2.24) is 4.49 Å². The molecule has 1 aromatic heterocycles. The fraction of sp³-hybridized carbons (Fsp3) is 0.500. The third-order valence-electron chi connectivity index (χ3n) is 0.790. The number of hydrogen-bond acceptors (Lipinski definition) is 2. The Kier molecular flexibility index (Phi) is 1.36. The quantitative estimate of drug-likeness (QED) is 0.524. The molecule has 0 spiro atoms. The molecule has 1 heterocycles. The zero-order valence-corrected chi connectivity index (χ0v) is 4.96. The molecular weight excluding hydrogens is 108 g/mol. The van der Waals surface area contributed by atoms with Gasteiger partial charge in [-0.3, -0.25) is 0 Å². The van der Waals surface area contributed by atoms with E-state index in [0.717, 1.165) is 6.42 Å². The molecule has 1 rings (SSSR count). The van der Waals surface area contributed by atoms with Crippen LogP contribution in [0.4, 0.5) is 0 Å². The van der Waals surface area contributed by atoms with Crippen molar-refractivity contribution in [3.8, 4) is 0 Å². The minimum Gasteiger partial charge on any atom is -0.0941 e. The Morgan fingerprint density at radius 3 is 3.14 bits per heavy atom. The second kappa shape index (κ2) is 2.02. The van der Waals surface area contributed by atoms with Crippen LogP contribution < -0.4 is 5.10 Å². The van der Waals surface area contributed by atoms with E-state index in [1.165, 1.54) is 16.4 Å². The average Bonchev–Trinajstić information content (AvgIpc) is 2.14. The summed E-state index contributed by atoms with van der Waals surface area (Å²) in [4.78, 5) is 1.31. The maximum atomic E-state index is 3.81. The van der Waals surface area contributed by atoms with Crippen molar-refractivity contribution in [2.45, 2.75) is 13.3 Å². The molecule has 2 nitrogen and oxygen atoms in total. The normalized spacial score (nSPS) is 9.29. The highest BCUT2D eigenvalue weighted by molar-refractivity contribution is 7.05. The summed E-state index contributed by atoms with van der Waals surface area (Å²) in [5, 5.41) is 2.75. The van der Waals surface area contributed by atoms with Crippen molar-refractivity contribution >= 4 is 11.5 Å². The topological polar surface area (TPSA) is 27.0 Å². The molecule has 0 aliphatic carbocycles. The maximum Gasteiger partial charge on any atom is 0.209 e. The first-order valence-corrected chi connectivity index (χ1v) is 3.02. The van der Waals surface area contributed by atoms with Crippen molar-refractivity contribution in [3.05, 3.63) is 11.1 Å². The fourth-order valence-corrected chi connectivity index (χ4v) is 0.833. The lowest BCUT2D eigenvalue weighted by molar-refractivity contribution is -0.443. The van der Waals surface area contributed by atoms with Crippen molar-refractivity contribution in [2.75, 3.05) is 0 Å². The van der Waals surface area contributed by atoms with Crippen LogP contribution in [0.1, 0.15) is 11.8 Å². The molecule has 0 saturated carbocycles. The molecule has 0 aliphatic heterocycles. The molecule has 7 heavy (non-hydrogen) atoms. The molecule has 0 unspecified atom stereocenters. The monoisotopic (exact) mass is 115 g/mol.